The Kier molecular flexibility index (Phi) is 5.82. The topological polar surface area (TPSA) is 67.8 Å². The van der Waals surface area contributed by atoms with Crippen molar-refractivity contribution in [3.05, 3.63) is 29.8 Å². The standard InChI is InChI=1S/C15H23NO4/c1-15(2,3)20-14(18)16-13(17)10-7-11-5-8-12(19-4)9-6-11/h5-6,8-9,13,17H,7,10H2,1-4H3,(H,16,18). The van der Waals surface area contributed by atoms with Crippen molar-refractivity contribution in [2.24, 2.45) is 0 Å². The Labute approximate surface area is 119 Å². The third kappa shape index (κ3) is 6.43. The van der Waals surface area contributed by atoms with Gasteiger partial charge in [-0.2, -0.15) is 0 Å². The number of amides is 1. The van der Waals surface area contributed by atoms with Gasteiger partial charge in [0.05, 0.1) is 7.11 Å². The summed E-state index contributed by atoms with van der Waals surface area (Å²) in [4.78, 5) is 11.5. The largest absolute Gasteiger partial charge is 0.497 e. The van der Waals surface area contributed by atoms with Gasteiger partial charge in [0.1, 0.15) is 17.6 Å². The van der Waals surface area contributed by atoms with E-state index in [1.165, 1.54) is 0 Å². The monoisotopic (exact) mass is 281 g/mol. The average molecular weight is 281 g/mol. The van der Waals surface area contributed by atoms with Crippen LogP contribution in [0.3, 0.4) is 0 Å². The third-order valence-corrected chi connectivity index (χ3v) is 2.55. The quantitative estimate of drug-likeness (QED) is 0.814. The Morgan fingerprint density at radius 3 is 2.40 bits per heavy atom. The van der Waals surface area contributed by atoms with Crippen molar-refractivity contribution in [1.29, 1.82) is 0 Å². The average Bonchev–Trinajstić information content (AvgIpc) is 2.34. The molecule has 0 saturated carbocycles. The highest BCUT2D eigenvalue weighted by Gasteiger charge is 2.18. The van der Waals surface area contributed by atoms with Crippen molar-refractivity contribution in [3.63, 3.8) is 0 Å². The van der Waals surface area contributed by atoms with Crippen LogP contribution in [-0.4, -0.2) is 30.1 Å². The lowest BCUT2D eigenvalue weighted by Crippen LogP contribution is -2.39. The smallest absolute Gasteiger partial charge is 0.409 e. The summed E-state index contributed by atoms with van der Waals surface area (Å²) >= 11 is 0. The number of nitrogens with one attached hydrogen (secondary N) is 1. The van der Waals surface area contributed by atoms with Crippen LogP contribution < -0.4 is 10.1 Å². The maximum Gasteiger partial charge on any atom is 0.409 e. The molecule has 0 saturated heterocycles. The molecule has 1 atom stereocenters. The van der Waals surface area contributed by atoms with Crippen LogP contribution in [0.2, 0.25) is 0 Å². The Morgan fingerprint density at radius 1 is 1.30 bits per heavy atom. The van der Waals surface area contributed by atoms with Crippen molar-refractivity contribution >= 4 is 6.09 Å². The van der Waals surface area contributed by atoms with Gasteiger partial charge in [-0.15, -0.1) is 0 Å². The second-order valence-corrected chi connectivity index (χ2v) is 5.55. The van der Waals surface area contributed by atoms with Crippen LogP contribution in [0.4, 0.5) is 4.79 Å². The van der Waals surface area contributed by atoms with Crippen molar-refractivity contribution < 1.29 is 19.4 Å². The van der Waals surface area contributed by atoms with E-state index in [1.807, 2.05) is 24.3 Å². The molecule has 0 radical (unpaired) electrons. The molecule has 0 aliphatic rings. The van der Waals surface area contributed by atoms with Gasteiger partial charge in [0.15, 0.2) is 0 Å². The van der Waals surface area contributed by atoms with Crippen molar-refractivity contribution in [3.8, 4) is 5.75 Å². The van der Waals surface area contributed by atoms with Gasteiger partial charge in [-0.1, -0.05) is 12.1 Å². The molecule has 20 heavy (non-hydrogen) atoms. The fourth-order valence-corrected chi connectivity index (χ4v) is 1.61. The van der Waals surface area contributed by atoms with Gasteiger partial charge < -0.3 is 14.6 Å². The number of rotatable bonds is 5. The van der Waals surface area contributed by atoms with Crippen LogP contribution >= 0.6 is 0 Å². The lowest BCUT2D eigenvalue weighted by atomic mass is 10.1. The molecule has 0 heterocycles. The van der Waals surface area contributed by atoms with E-state index in [0.717, 1.165) is 11.3 Å². The summed E-state index contributed by atoms with van der Waals surface area (Å²) in [6.45, 7) is 5.32. The molecule has 0 bridgehead atoms. The van der Waals surface area contributed by atoms with Gasteiger partial charge in [0.2, 0.25) is 0 Å². The van der Waals surface area contributed by atoms with E-state index < -0.39 is 17.9 Å². The minimum atomic E-state index is -0.924. The first-order valence-corrected chi connectivity index (χ1v) is 6.60. The SMILES string of the molecule is COc1ccc(CCC(O)NC(=O)OC(C)(C)C)cc1. The van der Waals surface area contributed by atoms with Crippen molar-refractivity contribution in [2.75, 3.05) is 7.11 Å². The summed E-state index contributed by atoms with van der Waals surface area (Å²) in [5.74, 6) is 0.793. The van der Waals surface area contributed by atoms with Crippen LogP contribution in [0.15, 0.2) is 24.3 Å². The Bertz CT molecular complexity index is 422. The molecule has 1 aromatic rings. The molecular weight excluding hydrogens is 258 g/mol. The summed E-state index contributed by atoms with van der Waals surface area (Å²) < 4.78 is 10.1. The Hall–Kier alpha value is -1.75. The summed E-state index contributed by atoms with van der Waals surface area (Å²) in [5.41, 5.74) is 0.496. The molecule has 1 aromatic carbocycles. The zero-order valence-electron chi connectivity index (χ0n) is 12.5. The number of methoxy groups -OCH3 is 1. The van der Waals surface area contributed by atoms with Gasteiger partial charge >= 0.3 is 6.09 Å². The Morgan fingerprint density at radius 2 is 1.90 bits per heavy atom. The molecule has 5 heteroatoms. The molecule has 0 fully saturated rings. The predicted octanol–water partition coefficient (Wildman–Crippen LogP) is 2.47. The maximum absolute atomic E-state index is 11.5. The summed E-state index contributed by atoms with van der Waals surface area (Å²) in [5, 5.41) is 12.1. The van der Waals surface area contributed by atoms with Crippen LogP contribution in [0, 0.1) is 0 Å². The van der Waals surface area contributed by atoms with Crippen LogP contribution in [0.1, 0.15) is 32.8 Å². The maximum atomic E-state index is 11.5. The summed E-state index contributed by atoms with van der Waals surface area (Å²) in [6.07, 6.45) is -0.460. The number of benzene rings is 1. The van der Waals surface area contributed by atoms with Gasteiger partial charge in [0, 0.05) is 0 Å². The molecule has 112 valence electrons. The number of aryl methyl sites for hydroxylation is 1. The first-order valence-electron chi connectivity index (χ1n) is 6.60. The zero-order valence-corrected chi connectivity index (χ0v) is 12.5. The number of alkyl carbamates (subject to hydrolysis) is 1. The highest BCUT2D eigenvalue weighted by atomic mass is 16.6. The van der Waals surface area contributed by atoms with Crippen molar-refractivity contribution in [1.82, 2.24) is 5.32 Å². The fourth-order valence-electron chi connectivity index (χ4n) is 1.61. The minimum absolute atomic E-state index is 0.422. The number of aliphatic hydroxyl groups is 1. The van der Waals surface area contributed by atoms with E-state index in [-0.39, 0.29) is 0 Å². The first kappa shape index (κ1) is 16.3. The van der Waals surface area contributed by atoms with E-state index >= 15 is 0 Å². The van der Waals surface area contributed by atoms with E-state index in [9.17, 15) is 9.90 Å². The predicted molar refractivity (Wildman–Crippen MR) is 76.7 cm³/mol. The van der Waals surface area contributed by atoms with Gasteiger partial charge in [0.25, 0.3) is 0 Å². The van der Waals surface area contributed by atoms with E-state index in [0.29, 0.717) is 12.8 Å². The number of hydrogen-bond donors (Lipinski definition) is 2. The molecular formula is C15H23NO4. The van der Waals surface area contributed by atoms with Crippen LogP contribution in [0.25, 0.3) is 0 Å². The van der Waals surface area contributed by atoms with Crippen molar-refractivity contribution in [2.45, 2.75) is 45.4 Å². The highest BCUT2D eigenvalue weighted by molar-refractivity contribution is 5.67. The Balaban J connectivity index is 2.35. The number of aliphatic hydroxyl groups excluding tert-OH is 1. The molecule has 1 rings (SSSR count). The molecule has 2 N–H and O–H groups in total. The number of ether oxygens (including phenoxy) is 2. The zero-order chi connectivity index (χ0) is 15.2. The van der Waals surface area contributed by atoms with Gasteiger partial charge in [-0.05, 0) is 51.3 Å². The molecule has 1 unspecified atom stereocenters. The lowest BCUT2D eigenvalue weighted by molar-refractivity contribution is 0.0345. The van der Waals surface area contributed by atoms with E-state index in [2.05, 4.69) is 5.32 Å². The number of hydrogen-bond acceptors (Lipinski definition) is 4. The third-order valence-electron chi connectivity index (χ3n) is 2.55. The van der Waals surface area contributed by atoms with Crippen LogP contribution in [-0.2, 0) is 11.2 Å². The molecule has 0 spiro atoms. The van der Waals surface area contributed by atoms with Gasteiger partial charge in [-0.25, -0.2) is 4.79 Å². The summed E-state index contributed by atoms with van der Waals surface area (Å²) in [6, 6.07) is 7.59. The molecule has 0 aromatic heterocycles. The summed E-state index contributed by atoms with van der Waals surface area (Å²) in [7, 11) is 1.61. The molecule has 0 aliphatic heterocycles. The molecule has 5 nitrogen and oxygen atoms in total. The van der Waals surface area contributed by atoms with Gasteiger partial charge in [-0.3, -0.25) is 5.32 Å². The minimum Gasteiger partial charge on any atom is -0.497 e. The highest BCUT2D eigenvalue weighted by Crippen LogP contribution is 2.13. The fraction of sp³-hybridized carbons (Fsp3) is 0.533. The number of carbonyl (C=O) groups excluding carboxylic acids is 1. The first-order chi connectivity index (χ1) is 9.30. The normalized spacial score (nSPS) is 12.7. The molecule has 0 aliphatic carbocycles. The number of carbonyl (C=O) groups is 1. The second kappa shape index (κ2) is 7.14. The lowest BCUT2D eigenvalue weighted by Gasteiger charge is -2.21. The second-order valence-electron chi connectivity index (χ2n) is 5.55. The van der Waals surface area contributed by atoms with Crippen LogP contribution in [0.5, 0.6) is 5.75 Å². The van der Waals surface area contributed by atoms with E-state index in [4.69, 9.17) is 9.47 Å². The van der Waals surface area contributed by atoms with E-state index in [1.54, 1.807) is 27.9 Å². The molecule has 1 amide bonds.